The average molecular weight is 241 g/mol. The van der Waals surface area contributed by atoms with Gasteiger partial charge in [0.2, 0.25) is 0 Å². The van der Waals surface area contributed by atoms with Crippen LogP contribution in [0.3, 0.4) is 0 Å². The molecule has 0 aromatic rings. The second-order valence-corrected chi connectivity index (χ2v) is 5.23. The van der Waals surface area contributed by atoms with Crippen molar-refractivity contribution in [1.82, 2.24) is 4.90 Å². The van der Waals surface area contributed by atoms with E-state index >= 15 is 0 Å². The van der Waals surface area contributed by atoms with Gasteiger partial charge < -0.3 is 4.74 Å². The summed E-state index contributed by atoms with van der Waals surface area (Å²) in [6.07, 6.45) is 2.27. The van der Waals surface area contributed by atoms with Crippen LogP contribution >= 0.6 is 0 Å². The maximum absolute atomic E-state index is 12.1. The maximum atomic E-state index is 12.1. The minimum atomic E-state index is -1.03. The Morgan fingerprint density at radius 3 is 2.53 bits per heavy atom. The number of ketones is 1. The fraction of sp³-hybridized carbons (Fsp3) is 0.846. The number of hydrogen-bond donors (Lipinski definition) is 0. The Balaban J connectivity index is 2.59. The summed E-state index contributed by atoms with van der Waals surface area (Å²) in [6.45, 7) is 8.79. The van der Waals surface area contributed by atoms with Crippen LogP contribution in [-0.4, -0.2) is 42.4 Å². The molecule has 4 nitrogen and oxygen atoms in total. The van der Waals surface area contributed by atoms with Crippen molar-refractivity contribution in [2.45, 2.75) is 46.6 Å². The number of carbonyl (C=O) groups is 2. The first-order valence-electron chi connectivity index (χ1n) is 6.34. The van der Waals surface area contributed by atoms with Crippen molar-refractivity contribution in [2.24, 2.45) is 5.41 Å². The molecule has 0 amide bonds. The first-order valence-corrected chi connectivity index (χ1v) is 6.34. The number of rotatable bonds is 5. The van der Waals surface area contributed by atoms with E-state index in [0.717, 1.165) is 19.4 Å². The van der Waals surface area contributed by atoms with Crippen molar-refractivity contribution in [3.8, 4) is 0 Å². The van der Waals surface area contributed by atoms with Crippen molar-refractivity contribution in [1.29, 1.82) is 0 Å². The summed E-state index contributed by atoms with van der Waals surface area (Å²) in [7, 11) is 0. The molecule has 1 heterocycles. The molecule has 1 atom stereocenters. The molecular formula is C13H23NO3. The first-order chi connectivity index (χ1) is 7.89. The lowest BCUT2D eigenvalue weighted by atomic mass is 9.87. The van der Waals surface area contributed by atoms with E-state index in [0.29, 0.717) is 19.2 Å². The lowest BCUT2D eigenvalue weighted by Crippen LogP contribution is -2.43. The highest BCUT2D eigenvalue weighted by Crippen LogP contribution is 2.22. The monoisotopic (exact) mass is 241 g/mol. The average Bonchev–Trinajstić information content (AvgIpc) is 2.64. The van der Waals surface area contributed by atoms with E-state index in [9.17, 15) is 9.59 Å². The smallest absolute Gasteiger partial charge is 0.319 e. The van der Waals surface area contributed by atoms with Gasteiger partial charge in [0.15, 0.2) is 5.78 Å². The number of nitrogens with zero attached hydrogens (tertiary/aromatic N) is 1. The quantitative estimate of drug-likeness (QED) is 0.542. The predicted octanol–water partition coefficient (Wildman–Crippen LogP) is 1.63. The third kappa shape index (κ3) is 3.28. The van der Waals surface area contributed by atoms with E-state index < -0.39 is 11.4 Å². The van der Waals surface area contributed by atoms with Gasteiger partial charge in [-0.3, -0.25) is 14.5 Å². The molecule has 1 aliphatic heterocycles. The van der Waals surface area contributed by atoms with Crippen molar-refractivity contribution >= 4 is 11.8 Å². The molecule has 98 valence electrons. The lowest BCUT2D eigenvalue weighted by molar-refractivity contribution is -0.158. The highest BCUT2D eigenvalue weighted by atomic mass is 16.5. The van der Waals surface area contributed by atoms with Crippen molar-refractivity contribution < 1.29 is 14.3 Å². The molecule has 1 saturated heterocycles. The zero-order valence-electron chi connectivity index (χ0n) is 11.3. The zero-order chi connectivity index (χ0) is 13.1. The van der Waals surface area contributed by atoms with E-state index in [1.807, 2.05) is 0 Å². The fourth-order valence-electron chi connectivity index (χ4n) is 2.04. The molecule has 0 radical (unpaired) electrons. The second-order valence-electron chi connectivity index (χ2n) is 5.23. The Morgan fingerprint density at radius 1 is 1.41 bits per heavy atom. The van der Waals surface area contributed by atoms with Gasteiger partial charge in [-0.15, -0.1) is 0 Å². The van der Waals surface area contributed by atoms with Crippen molar-refractivity contribution in [3.05, 3.63) is 0 Å². The van der Waals surface area contributed by atoms with Crippen LogP contribution in [0.25, 0.3) is 0 Å². The Labute approximate surface area is 103 Å². The molecule has 0 aromatic heterocycles. The summed E-state index contributed by atoms with van der Waals surface area (Å²) in [6, 6.07) is 0.442. The molecule has 1 rings (SSSR count). The summed E-state index contributed by atoms with van der Waals surface area (Å²) < 4.78 is 4.94. The minimum Gasteiger partial charge on any atom is -0.465 e. The van der Waals surface area contributed by atoms with Crippen LogP contribution < -0.4 is 0 Å². The van der Waals surface area contributed by atoms with Crippen LogP contribution in [-0.2, 0) is 14.3 Å². The molecule has 17 heavy (non-hydrogen) atoms. The SMILES string of the molecule is CCOC(=O)C(C)(C)C(=O)CN1CCCC1C. The van der Waals surface area contributed by atoms with Gasteiger partial charge in [-0.2, -0.15) is 0 Å². The molecular weight excluding hydrogens is 218 g/mol. The molecule has 0 aliphatic carbocycles. The summed E-state index contributed by atoms with van der Waals surface area (Å²) in [5, 5.41) is 0. The molecule has 1 unspecified atom stereocenters. The lowest BCUT2D eigenvalue weighted by Gasteiger charge is -2.26. The molecule has 1 aliphatic rings. The Bertz CT molecular complexity index is 299. The minimum absolute atomic E-state index is 0.0512. The molecule has 0 N–H and O–H groups in total. The van der Waals surface area contributed by atoms with Crippen LogP contribution in [0.1, 0.15) is 40.5 Å². The maximum Gasteiger partial charge on any atom is 0.319 e. The molecule has 0 saturated carbocycles. The van der Waals surface area contributed by atoms with E-state index in [4.69, 9.17) is 4.74 Å². The molecule has 1 fully saturated rings. The van der Waals surface area contributed by atoms with Gasteiger partial charge in [-0.25, -0.2) is 0 Å². The van der Waals surface area contributed by atoms with Gasteiger partial charge in [-0.05, 0) is 47.1 Å². The highest BCUT2D eigenvalue weighted by molar-refractivity contribution is 6.03. The molecule has 4 heteroatoms. The van der Waals surface area contributed by atoms with Gasteiger partial charge in [0, 0.05) is 6.04 Å². The van der Waals surface area contributed by atoms with Gasteiger partial charge in [0.1, 0.15) is 5.41 Å². The Hall–Kier alpha value is -0.900. The summed E-state index contributed by atoms with van der Waals surface area (Å²) in [5.41, 5.74) is -1.03. The summed E-state index contributed by atoms with van der Waals surface area (Å²) in [4.78, 5) is 26.0. The number of ether oxygens (including phenoxy) is 1. The van der Waals surface area contributed by atoms with Crippen molar-refractivity contribution in [3.63, 3.8) is 0 Å². The number of likely N-dealkylation sites (tertiary alicyclic amines) is 1. The largest absolute Gasteiger partial charge is 0.465 e. The number of hydrogen-bond acceptors (Lipinski definition) is 4. The van der Waals surface area contributed by atoms with Crippen LogP contribution in [0.15, 0.2) is 0 Å². The predicted molar refractivity (Wildman–Crippen MR) is 65.7 cm³/mol. The third-order valence-corrected chi connectivity index (χ3v) is 3.52. The molecule has 0 aromatic carbocycles. The van der Waals surface area contributed by atoms with Crippen molar-refractivity contribution in [2.75, 3.05) is 19.7 Å². The Morgan fingerprint density at radius 2 is 2.06 bits per heavy atom. The number of esters is 1. The van der Waals surface area contributed by atoms with Crippen LogP contribution in [0.5, 0.6) is 0 Å². The fourth-order valence-corrected chi connectivity index (χ4v) is 2.04. The normalized spacial score (nSPS) is 21.5. The topological polar surface area (TPSA) is 46.6 Å². The van der Waals surface area contributed by atoms with E-state index in [1.165, 1.54) is 0 Å². The summed E-state index contributed by atoms with van der Waals surface area (Å²) >= 11 is 0. The Kier molecular flexibility index (Phi) is 4.69. The third-order valence-electron chi connectivity index (χ3n) is 3.52. The summed E-state index contributed by atoms with van der Waals surface area (Å²) in [5.74, 6) is -0.471. The number of carbonyl (C=O) groups excluding carboxylic acids is 2. The second kappa shape index (κ2) is 5.63. The van der Waals surface area contributed by atoms with Gasteiger partial charge in [0.05, 0.1) is 13.2 Å². The van der Waals surface area contributed by atoms with Crippen LogP contribution in [0, 0.1) is 5.41 Å². The standard InChI is InChI=1S/C13H23NO3/c1-5-17-12(16)13(3,4)11(15)9-14-8-6-7-10(14)2/h10H,5-9H2,1-4H3. The van der Waals surface area contributed by atoms with Crippen LogP contribution in [0.2, 0.25) is 0 Å². The van der Waals surface area contributed by atoms with Gasteiger partial charge in [0.25, 0.3) is 0 Å². The first kappa shape index (κ1) is 14.2. The molecule has 0 bridgehead atoms. The molecule has 0 spiro atoms. The number of Topliss-reactive ketones (excluding diaryl/α,β-unsaturated/α-hetero) is 1. The van der Waals surface area contributed by atoms with E-state index in [2.05, 4.69) is 11.8 Å². The van der Waals surface area contributed by atoms with Gasteiger partial charge >= 0.3 is 5.97 Å². The van der Waals surface area contributed by atoms with E-state index in [-0.39, 0.29) is 5.78 Å². The van der Waals surface area contributed by atoms with Gasteiger partial charge in [-0.1, -0.05) is 0 Å². The zero-order valence-corrected chi connectivity index (χ0v) is 11.3. The highest BCUT2D eigenvalue weighted by Gasteiger charge is 2.38. The van der Waals surface area contributed by atoms with Crippen LogP contribution in [0.4, 0.5) is 0 Å². The van der Waals surface area contributed by atoms with E-state index in [1.54, 1.807) is 20.8 Å².